The average Bonchev–Trinajstić information content (AvgIpc) is 3.27. The maximum absolute atomic E-state index is 13.1. The van der Waals surface area contributed by atoms with Crippen molar-refractivity contribution in [2.24, 2.45) is 5.92 Å². The van der Waals surface area contributed by atoms with Gasteiger partial charge < -0.3 is 9.80 Å². The number of hydrogen-bond donors (Lipinski definition) is 0. The zero-order chi connectivity index (χ0) is 18.4. The molecular weight excluding hydrogens is 348 g/mol. The van der Waals surface area contributed by atoms with Crippen LogP contribution in [-0.4, -0.2) is 33.9 Å². The highest BCUT2D eigenvalue weighted by atomic mass is 35.5. The fourth-order valence-corrected chi connectivity index (χ4v) is 4.27. The lowest BCUT2D eigenvalue weighted by Gasteiger charge is -2.22. The van der Waals surface area contributed by atoms with Crippen molar-refractivity contribution in [3.8, 4) is 0 Å². The number of pyridine rings is 2. The molecule has 2 aliphatic rings. The van der Waals surface area contributed by atoms with Crippen molar-refractivity contribution < 1.29 is 4.79 Å². The summed E-state index contributed by atoms with van der Waals surface area (Å²) in [5.74, 6) is 0.251. The minimum Gasteiger partial charge on any atom is -0.369 e. The summed E-state index contributed by atoms with van der Waals surface area (Å²) in [5.41, 5.74) is 6.16. The van der Waals surface area contributed by atoms with Crippen molar-refractivity contribution in [3.63, 3.8) is 0 Å². The Labute approximate surface area is 159 Å². The standard InChI is InChI=1S/C20H23ClN4O/c1-12-16-10-25(11-17(16)23-14(3)19(12)21)20(26)15-6-8-24(9-15)18-5-4-7-22-13(18)2/h4-5,7,15H,6,8-11H2,1-3H3. The molecule has 1 amide bonds. The number of hydrogen-bond acceptors (Lipinski definition) is 4. The third-order valence-electron chi connectivity index (χ3n) is 5.61. The molecular formula is C20H23ClN4O. The van der Waals surface area contributed by atoms with E-state index >= 15 is 0 Å². The summed E-state index contributed by atoms with van der Waals surface area (Å²) in [6.07, 6.45) is 2.69. The molecule has 1 saturated heterocycles. The van der Waals surface area contributed by atoms with Crippen LogP contribution in [0.1, 0.15) is 34.6 Å². The van der Waals surface area contributed by atoms with Crippen LogP contribution in [0.15, 0.2) is 18.3 Å². The predicted molar refractivity (Wildman–Crippen MR) is 102 cm³/mol. The number of aryl methyl sites for hydroxylation is 2. The summed E-state index contributed by atoms with van der Waals surface area (Å²) in [6.45, 7) is 8.82. The Kier molecular flexibility index (Phi) is 4.35. The van der Waals surface area contributed by atoms with Gasteiger partial charge in [0, 0.05) is 25.8 Å². The first-order chi connectivity index (χ1) is 12.5. The molecule has 2 aliphatic heterocycles. The smallest absolute Gasteiger partial charge is 0.228 e. The fraction of sp³-hybridized carbons (Fsp3) is 0.450. The van der Waals surface area contributed by atoms with E-state index in [9.17, 15) is 4.79 Å². The number of aromatic nitrogens is 2. The van der Waals surface area contributed by atoms with Gasteiger partial charge in [0.1, 0.15) is 0 Å². The van der Waals surface area contributed by atoms with Crippen LogP contribution in [0, 0.1) is 26.7 Å². The summed E-state index contributed by atoms with van der Waals surface area (Å²) >= 11 is 6.34. The van der Waals surface area contributed by atoms with Gasteiger partial charge in [0.25, 0.3) is 0 Å². The Morgan fingerprint density at radius 2 is 2.04 bits per heavy atom. The normalized spacial score (nSPS) is 19.2. The van der Waals surface area contributed by atoms with Crippen molar-refractivity contribution in [2.75, 3.05) is 18.0 Å². The molecule has 4 rings (SSSR count). The van der Waals surface area contributed by atoms with E-state index in [0.717, 1.165) is 58.4 Å². The van der Waals surface area contributed by atoms with Gasteiger partial charge in [-0.3, -0.25) is 14.8 Å². The van der Waals surface area contributed by atoms with E-state index < -0.39 is 0 Å². The van der Waals surface area contributed by atoms with Crippen LogP contribution in [0.5, 0.6) is 0 Å². The van der Waals surface area contributed by atoms with E-state index in [4.69, 9.17) is 11.6 Å². The number of amides is 1. The fourth-order valence-electron chi connectivity index (χ4n) is 4.11. The Bertz CT molecular complexity index is 882. The molecule has 6 heteroatoms. The molecule has 2 aromatic heterocycles. The summed E-state index contributed by atoms with van der Waals surface area (Å²) in [5, 5.41) is 0.720. The van der Waals surface area contributed by atoms with E-state index in [1.165, 1.54) is 0 Å². The molecule has 4 heterocycles. The number of rotatable bonds is 2. The van der Waals surface area contributed by atoms with Gasteiger partial charge in [-0.25, -0.2) is 0 Å². The highest BCUT2D eigenvalue weighted by molar-refractivity contribution is 6.32. The van der Waals surface area contributed by atoms with Crippen LogP contribution in [0.2, 0.25) is 5.02 Å². The molecule has 0 bridgehead atoms. The third-order valence-corrected chi connectivity index (χ3v) is 6.17. The first-order valence-corrected chi connectivity index (χ1v) is 9.43. The van der Waals surface area contributed by atoms with Gasteiger partial charge in [0.2, 0.25) is 5.91 Å². The van der Waals surface area contributed by atoms with Crippen molar-refractivity contribution >= 4 is 23.2 Å². The molecule has 0 radical (unpaired) electrons. The number of carbonyl (C=O) groups excluding carboxylic acids is 1. The maximum Gasteiger partial charge on any atom is 0.228 e. The SMILES string of the molecule is Cc1ncccc1N1CCC(C(=O)N2Cc3nc(C)c(Cl)c(C)c3C2)C1. The molecule has 0 saturated carbocycles. The first-order valence-electron chi connectivity index (χ1n) is 9.05. The molecule has 0 aliphatic carbocycles. The quantitative estimate of drug-likeness (QED) is 0.812. The van der Waals surface area contributed by atoms with Gasteiger partial charge in [-0.15, -0.1) is 0 Å². The molecule has 0 aromatic carbocycles. The van der Waals surface area contributed by atoms with Crippen molar-refractivity contribution in [3.05, 3.63) is 51.6 Å². The second-order valence-electron chi connectivity index (χ2n) is 7.30. The van der Waals surface area contributed by atoms with Crippen molar-refractivity contribution in [2.45, 2.75) is 40.3 Å². The Balaban J connectivity index is 1.48. The molecule has 136 valence electrons. The molecule has 1 atom stereocenters. The van der Waals surface area contributed by atoms with Crippen LogP contribution in [-0.2, 0) is 17.9 Å². The van der Waals surface area contributed by atoms with Crippen molar-refractivity contribution in [1.82, 2.24) is 14.9 Å². The van der Waals surface area contributed by atoms with Gasteiger partial charge in [0.05, 0.1) is 40.3 Å². The predicted octanol–water partition coefficient (Wildman–Crippen LogP) is 3.42. The van der Waals surface area contributed by atoms with Gasteiger partial charge >= 0.3 is 0 Å². The Morgan fingerprint density at radius 1 is 1.23 bits per heavy atom. The minimum absolute atomic E-state index is 0.0285. The second-order valence-corrected chi connectivity index (χ2v) is 7.67. The molecule has 2 aromatic rings. The summed E-state index contributed by atoms with van der Waals surface area (Å²) < 4.78 is 0. The van der Waals surface area contributed by atoms with Gasteiger partial charge in [-0.1, -0.05) is 11.6 Å². The number of nitrogens with zero attached hydrogens (tertiary/aromatic N) is 4. The Hall–Kier alpha value is -2.14. The van der Waals surface area contributed by atoms with Crippen LogP contribution in [0.25, 0.3) is 0 Å². The van der Waals surface area contributed by atoms with Crippen molar-refractivity contribution in [1.29, 1.82) is 0 Å². The topological polar surface area (TPSA) is 49.3 Å². The lowest BCUT2D eigenvalue weighted by atomic mass is 10.1. The molecule has 26 heavy (non-hydrogen) atoms. The lowest BCUT2D eigenvalue weighted by Crippen LogP contribution is -2.34. The summed E-state index contributed by atoms with van der Waals surface area (Å²) in [6, 6.07) is 4.04. The van der Waals surface area contributed by atoms with Crippen LogP contribution in [0.3, 0.4) is 0 Å². The number of fused-ring (bicyclic) bond motifs is 1. The van der Waals surface area contributed by atoms with Crippen LogP contribution >= 0.6 is 11.6 Å². The highest BCUT2D eigenvalue weighted by Crippen LogP contribution is 2.33. The van der Waals surface area contributed by atoms with Crippen LogP contribution < -0.4 is 4.90 Å². The number of halogens is 1. The van der Waals surface area contributed by atoms with E-state index in [1.54, 1.807) is 6.20 Å². The summed E-state index contributed by atoms with van der Waals surface area (Å²) in [7, 11) is 0. The number of carbonyl (C=O) groups is 1. The zero-order valence-corrected chi connectivity index (χ0v) is 16.2. The van der Waals surface area contributed by atoms with E-state index in [0.29, 0.717) is 13.1 Å². The van der Waals surface area contributed by atoms with E-state index in [1.807, 2.05) is 31.7 Å². The molecule has 1 unspecified atom stereocenters. The first kappa shape index (κ1) is 17.3. The van der Waals surface area contributed by atoms with Gasteiger partial charge in [-0.2, -0.15) is 0 Å². The molecule has 1 fully saturated rings. The highest BCUT2D eigenvalue weighted by Gasteiger charge is 2.35. The second kappa shape index (κ2) is 6.54. The lowest BCUT2D eigenvalue weighted by molar-refractivity contribution is -0.135. The zero-order valence-electron chi connectivity index (χ0n) is 15.4. The monoisotopic (exact) mass is 370 g/mol. The van der Waals surface area contributed by atoms with E-state index in [-0.39, 0.29) is 11.8 Å². The third kappa shape index (κ3) is 2.84. The molecule has 0 spiro atoms. The molecule has 0 N–H and O–H groups in total. The average molecular weight is 371 g/mol. The Morgan fingerprint density at radius 3 is 2.81 bits per heavy atom. The molecule has 5 nitrogen and oxygen atoms in total. The van der Waals surface area contributed by atoms with Gasteiger partial charge in [-0.05, 0) is 50.5 Å². The maximum atomic E-state index is 13.1. The minimum atomic E-state index is 0.0285. The largest absolute Gasteiger partial charge is 0.369 e. The summed E-state index contributed by atoms with van der Waals surface area (Å²) in [4.78, 5) is 26.3. The van der Waals surface area contributed by atoms with Crippen LogP contribution in [0.4, 0.5) is 5.69 Å². The van der Waals surface area contributed by atoms with E-state index in [2.05, 4.69) is 20.9 Å². The van der Waals surface area contributed by atoms with Gasteiger partial charge in [0.15, 0.2) is 0 Å². The number of anilines is 1.